The first-order chi connectivity index (χ1) is 7.19. The van der Waals surface area contributed by atoms with E-state index in [1.807, 2.05) is 0 Å². The fourth-order valence-electron chi connectivity index (χ4n) is 1.18. The van der Waals surface area contributed by atoms with Crippen molar-refractivity contribution < 1.29 is 13.9 Å². The fraction of sp³-hybridized carbons (Fsp3) is 0.273. The molecule has 0 spiro atoms. The number of carbonyl (C=O) groups excluding carboxylic acids is 1. The third-order valence-electron chi connectivity index (χ3n) is 1.83. The van der Waals surface area contributed by atoms with Gasteiger partial charge in [0, 0.05) is 0 Å². The van der Waals surface area contributed by atoms with Crippen LogP contribution in [0.2, 0.25) is 0 Å². The topological polar surface area (TPSA) is 50.1 Å². The maximum absolute atomic E-state index is 12.9. The molecule has 1 aromatic rings. The predicted octanol–water partition coefficient (Wildman–Crippen LogP) is 2.00. The number of halogens is 1. The molecule has 0 saturated carbocycles. The van der Waals surface area contributed by atoms with E-state index in [2.05, 4.69) is 0 Å². The Morgan fingerprint density at radius 2 is 2.40 bits per heavy atom. The molecule has 0 aliphatic rings. The Labute approximate surface area is 87.1 Å². The minimum Gasteiger partial charge on any atom is -0.465 e. The van der Waals surface area contributed by atoms with Crippen LogP contribution in [0.25, 0.3) is 0 Å². The van der Waals surface area contributed by atoms with Crippen molar-refractivity contribution in [1.82, 2.24) is 0 Å². The second kappa shape index (κ2) is 5.11. The van der Waals surface area contributed by atoms with Gasteiger partial charge in [-0.3, -0.25) is 4.79 Å². The summed E-state index contributed by atoms with van der Waals surface area (Å²) in [5.74, 6) is -2.18. The summed E-state index contributed by atoms with van der Waals surface area (Å²) in [6, 6.07) is 7.17. The zero-order valence-electron chi connectivity index (χ0n) is 8.24. The lowest BCUT2D eigenvalue weighted by Gasteiger charge is -2.08. The Hall–Kier alpha value is -1.89. The van der Waals surface area contributed by atoms with Crippen LogP contribution in [0.4, 0.5) is 4.39 Å². The molecule has 0 aliphatic carbocycles. The highest BCUT2D eigenvalue weighted by Crippen LogP contribution is 2.17. The van der Waals surface area contributed by atoms with Crippen molar-refractivity contribution in [1.29, 1.82) is 5.26 Å². The van der Waals surface area contributed by atoms with Gasteiger partial charge < -0.3 is 4.74 Å². The number of nitrogens with zero attached hydrogens (tertiary/aromatic N) is 1. The van der Waals surface area contributed by atoms with Crippen LogP contribution in [0.5, 0.6) is 0 Å². The minimum atomic E-state index is -1.05. The molecule has 0 unspecified atom stereocenters. The van der Waals surface area contributed by atoms with Gasteiger partial charge in [-0.2, -0.15) is 5.26 Å². The van der Waals surface area contributed by atoms with Gasteiger partial charge in [0.15, 0.2) is 5.92 Å². The van der Waals surface area contributed by atoms with Gasteiger partial charge in [0.1, 0.15) is 5.82 Å². The molecule has 1 rings (SSSR count). The maximum atomic E-state index is 12.9. The van der Waals surface area contributed by atoms with Crippen molar-refractivity contribution in [2.75, 3.05) is 6.61 Å². The molecule has 1 aromatic carbocycles. The number of ether oxygens (including phenoxy) is 1. The van der Waals surface area contributed by atoms with E-state index in [1.54, 1.807) is 13.0 Å². The van der Waals surface area contributed by atoms with Gasteiger partial charge >= 0.3 is 5.97 Å². The Bertz CT molecular complexity index is 398. The second-order valence-corrected chi connectivity index (χ2v) is 2.87. The number of benzene rings is 1. The van der Waals surface area contributed by atoms with Crippen molar-refractivity contribution in [3.63, 3.8) is 0 Å². The molecule has 0 N–H and O–H groups in total. The number of hydrogen-bond acceptors (Lipinski definition) is 3. The normalized spacial score (nSPS) is 11.5. The third-order valence-corrected chi connectivity index (χ3v) is 1.83. The summed E-state index contributed by atoms with van der Waals surface area (Å²) in [6.07, 6.45) is 0. The van der Waals surface area contributed by atoms with Crippen LogP contribution in [0.15, 0.2) is 24.3 Å². The van der Waals surface area contributed by atoms with Gasteiger partial charge in [0.2, 0.25) is 0 Å². The number of esters is 1. The average Bonchev–Trinajstić information content (AvgIpc) is 2.19. The van der Waals surface area contributed by atoms with E-state index < -0.39 is 17.7 Å². The molecule has 0 heterocycles. The molecule has 0 saturated heterocycles. The van der Waals surface area contributed by atoms with Crippen LogP contribution in [0.3, 0.4) is 0 Å². The first kappa shape index (κ1) is 11.2. The van der Waals surface area contributed by atoms with Crippen LogP contribution < -0.4 is 0 Å². The molecular weight excluding hydrogens is 197 g/mol. The van der Waals surface area contributed by atoms with Crippen LogP contribution in [-0.2, 0) is 9.53 Å². The van der Waals surface area contributed by atoms with Crippen molar-refractivity contribution >= 4 is 5.97 Å². The number of nitriles is 1. The van der Waals surface area contributed by atoms with Crippen molar-refractivity contribution in [2.45, 2.75) is 12.8 Å². The van der Waals surface area contributed by atoms with E-state index in [4.69, 9.17) is 10.00 Å². The van der Waals surface area contributed by atoms with Gasteiger partial charge in [-0.05, 0) is 24.6 Å². The molecule has 1 atom stereocenters. The first-order valence-electron chi connectivity index (χ1n) is 4.50. The Morgan fingerprint density at radius 3 is 2.93 bits per heavy atom. The SMILES string of the molecule is CCOC(=O)[C@@H](C#N)c1cccc(F)c1. The summed E-state index contributed by atoms with van der Waals surface area (Å²) in [6.45, 7) is 1.85. The van der Waals surface area contributed by atoms with Gasteiger partial charge in [0.05, 0.1) is 12.7 Å². The van der Waals surface area contributed by atoms with Gasteiger partial charge in [-0.15, -0.1) is 0 Å². The molecular formula is C11H10FNO2. The molecule has 0 radical (unpaired) electrons. The molecule has 0 bridgehead atoms. The zero-order valence-corrected chi connectivity index (χ0v) is 8.24. The monoisotopic (exact) mass is 207 g/mol. The van der Waals surface area contributed by atoms with E-state index in [1.165, 1.54) is 18.2 Å². The minimum absolute atomic E-state index is 0.201. The number of carbonyl (C=O) groups is 1. The van der Waals surface area contributed by atoms with Crippen LogP contribution in [0, 0.1) is 17.1 Å². The van der Waals surface area contributed by atoms with E-state index in [0.717, 1.165) is 6.07 Å². The van der Waals surface area contributed by atoms with Gasteiger partial charge in [0.25, 0.3) is 0 Å². The van der Waals surface area contributed by atoms with Gasteiger partial charge in [-0.25, -0.2) is 4.39 Å². The van der Waals surface area contributed by atoms with E-state index in [-0.39, 0.29) is 6.61 Å². The smallest absolute Gasteiger partial charge is 0.327 e. The molecule has 0 amide bonds. The van der Waals surface area contributed by atoms with Crippen molar-refractivity contribution in [2.24, 2.45) is 0 Å². The van der Waals surface area contributed by atoms with Crippen molar-refractivity contribution in [3.05, 3.63) is 35.6 Å². The molecule has 3 nitrogen and oxygen atoms in total. The first-order valence-corrected chi connectivity index (χ1v) is 4.50. The lowest BCUT2D eigenvalue weighted by molar-refractivity contribution is -0.143. The number of rotatable bonds is 3. The summed E-state index contributed by atoms with van der Waals surface area (Å²) in [4.78, 5) is 11.3. The Morgan fingerprint density at radius 1 is 1.67 bits per heavy atom. The van der Waals surface area contributed by atoms with Crippen molar-refractivity contribution in [3.8, 4) is 6.07 Å². The molecule has 0 aromatic heterocycles. The fourth-order valence-corrected chi connectivity index (χ4v) is 1.18. The molecule has 15 heavy (non-hydrogen) atoms. The molecule has 78 valence electrons. The van der Waals surface area contributed by atoms with E-state index >= 15 is 0 Å². The third kappa shape index (κ3) is 2.78. The highest BCUT2D eigenvalue weighted by atomic mass is 19.1. The molecule has 4 heteroatoms. The zero-order chi connectivity index (χ0) is 11.3. The van der Waals surface area contributed by atoms with E-state index in [9.17, 15) is 9.18 Å². The standard InChI is InChI=1S/C11H10FNO2/c1-2-15-11(14)10(7-13)8-4-3-5-9(12)6-8/h3-6,10H,2H2,1H3/t10-/m0/s1. The quantitative estimate of drug-likeness (QED) is 0.712. The molecule has 0 aliphatic heterocycles. The number of hydrogen-bond donors (Lipinski definition) is 0. The van der Waals surface area contributed by atoms with Crippen LogP contribution >= 0.6 is 0 Å². The summed E-state index contributed by atoms with van der Waals surface area (Å²) < 4.78 is 17.6. The average molecular weight is 207 g/mol. The van der Waals surface area contributed by atoms with Gasteiger partial charge in [-0.1, -0.05) is 12.1 Å². The summed E-state index contributed by atoms with van der Waals surface area (Å²) >= 11 is 0. The van der Waals surface area contributed by atoms with Crippen LogP contribution in [-0.4, -0.2) is 12.6 Å². The summed E-state index contributed by atoms with van der Waals surface area (Å²) in [7, 11) is 0. The largest absolute Gasteiger partial charge is 0.465 e. The van der Waals surface area contributed by atoms with E-state index in [0.29, 0.717) is 5.56 Å². The lowest BCUT2D eigenvalue weighted by Crippen LogP contribution is -2.14. The Balaban J connectivity index is 2.93. The molecule has 0 fully saturated rings. The second-order valence-electron chi connectivity index (χ2n) is 2.87. The summed E-state index contributed by atoms with van der Waals surface area (Å²) in [5, 5.41) is 8.79. The van der Waals surface area contributed by atoms with Crippen LogP contribution in [0.1, 0.15) is 18.4 Å². The highest BCUT2D eigenvalue weighted by molar-refractivity contribution is 5.81. The maximum Gasteiger partial charge on any atom is 0.327 e. The Kier molecular flexibility index (Phi) is 3.81. The lowest BCUT2D eigenvalue weighted by atomic mass is 10.0. The predicted molar refractivity (Wildman–Crippen MR) is 51.4 cm³/mol. The highest BCUT2D eigenvalue weighted by Gasteiger charge is 2.21. The summed E-state index contributed by atoms with van der Waals surface area (Å²) in [5.41, 5.74) is 0.316.